The highest BCUT2D eigenvalue weighted by molar-refractivity contribution is 8.24. The molecule has 0 aliphatic carbocycles. The SMILES string of the molecule is Cc1ccc(N=N[C@@H]2SC(=S)NC2=O)cc1. The van der Waals surface area contributed by atoms with Crippen molar-refractivity contribution in [1.82, 2.24) is 5.32 Å². The van der Waals surface area contributed by atoms with E-state index in [1.165, 1.54) is 11.8 Å². The third-order valence-electron chi connectivity index (χ3n) is 1.98. The maximum absolute atomic E-state index is 11.3. The number of hydrogen-bond acceptors (Lipinski definition) is 5. The van der Waals surface area contributed by atoms with E-state index in [0.29, 0.717) is 4.32 Å². The second-order valence-corrected chi connectivity index (χ2v) is 5.06. The highest BCUT2D eigenvalue weighted by atomic mass is 32.2. The Hall–Kier alpha value is -1.27. The van der Waals surface area contributed by atoms with E-state index in [0.717, 1.165) is 11.3 Å². The molecule has 1 amide bonds. The molecule has 82 valence electrons. The lowest BCUT2D eigenvalue weighted by atomic mass is 10.2. The molecule has 1 aliphatic rings. The topological polar surface area (TPSA) is 53.8 Å². The van der Waals surface area contributed by atoms with Gasteiger partial charge in [0, 0.05) is 0 Å². The van der Waals surface area contributed by atoms with Gasteiger partial charge in [-0.3, -0.25) is 4.79 Å². The Labute approximate surface area is 103 Å². The van der Waals surface area contributed by atoms with Crippen LogP contribution in [0.5, 0.6) is 0 Å². The van der Waals surface area contributed by atoms with Crippen LogP contribution in [-0.2, 0) is 4.79 Å². The Balaban J connectivity index is 2.07. The molecular formula is C10H9N3OS2. The van der Waals surface area contributed by atoms with Crippen molar-refractivity contribution in [3.63, 3.8) is 0 Å². The smallest absolute Gasteiger partial charge is 0.262 e. The van der Waals surface area contributed by atoms with E-state index in [2.05, 4.69) is 15.5 Å². The standard InChI is InChI=1S/C10H9N3OS2/c1-6-2-4-7(5-3-6)12-13-9-8(14)11-10(15)16-9/h2-5,9H,1H3,(H,11,14,15)/t9-/m1/s1. The summed E-state index contributed by atoms with van der Waals surface area (Å²) in [6.45, 7) is 2.00. The summed E-state index contributed by atoms with van der Waals surface area (Å²) in [5, 5.41) is 9.91. The third kappa shape index (κ3) is 2.65. The summed E-state index contributed by atoms with van der Waals surface area (Å²) in [5.41, 5.74) is 1.89. The van der Waals surface area contributed by atoms with E-state index < -0.39 is 5.37 Å². The third-order valence-corrected chi connectivity index (χ3v) is 3.22. The Bertz CT molecular complexity index is 456. The average Bonchev–Trinajstić information content (AvgIpc) is 2.57. The van der Waals surface area contributed by atoms with Gasteiger partial charge in [0.25, 0.3) is 5.91 Å². The number of nitrogens with zero attached hydrogens (tertiary/aromatic N) is 2. The van der Waals surface area contributed by atoms with Crippen molar-refractivity contribution < 1.29 is 4.79 Å². The zero-order valence-corrected chi connectivity index (χ0v) is 10.1. The van der Waals surface area contributed by atoms with E-state index in [-0.39, 0.29) is 5.91 Å². The van der Waals surface area contributed by atoms with E-state index in [1.54, 1.807) is 0 Å². The number of thioether (sulfide) groups is 1. The fourth-order valence-electron chi connectivity index (χ4n) is 1.15. The highest BCUT2D eigenvalue weighted by Gasteiger charge is 2.28. The second kappa shape index (κ2) is 4.71. The van der Waals surface area contributed by atoms with Crippen LogP contribution in [0.15, 0.2) is 34.5 Å². The summed E-state index contributed by atoms with van der Waals surface area (Å²) in [6, 6.07) is 7.60. The van der Waals surface area contributed by atoms with Gasteiger partial charge in [-0.2, -0.15) is 10.2 Å². The van der Waals surface area contributed by atoms with Crippen molar-refractivity contribution in [2.45, 2.75) is 12.3 Å². The Kier molecular flexibility index (Phi) is 3.31. The van der Waals surface area contributed by atoms with Crippen molar-refractivity contribution in [2.24, 2.45) is 10.2 Å². The fourth-order valence-corrected chi connectivity index (χ4v) is 2.15. The number of carbonyl (C=O) groups excluding carboxylic acids is 1. The van der Waals surface area contributed by atoms with Gasteiger partial charge < -0.3 is 5.32 Å². The molecule has 1 aromatic rings. The van der Waals surface area contributed by atoms with E-state index in [9.17, 15) is 4.79 Å². The Morgan fingerprint density at radius 2 is 2.06 bits per heavy atom. The van der Waals surface area contributed by atoms with Crippen LogP contribution in [-0.4, -0.2) is 15.6 Å². The van der Waals surface area contributed by atoms with Crippen LogP contribution < -0.4 is 5.32 Å². The van der Waals surface area contributed by atoms with E-state index in [1.807, 2.05) is 31.2 Å². The first kappa shape index (κ1) is 11.2. The minimum atomic E-state index is -0.547. The molecule has 1 atom stereocenters. The van der Waals surface area contributed by atoms with Crippen LogP contribution in [0.25, 0.3) is 0 Å². The number of azo groups is 1. The van der Waals surface area contributed by atoms with E-state index in [4.69, 9.17) is 12.2 Å². The van der Waals surface area contributed by atoms with Gasteiger partial charge in [-0.15, -0.1) is 0 Å². The second-order valence-electron chi connectivity index (χ2n) is 3.30. The predicted molar refractivity (Wildman–Crippen MR) is 67.8 cm³/mol. The maximum atomic E-state index is 11.3. The molecule has 0 bridgehead atoms. The van der Waals surface area contributed by atoms with Crippen LogP contribution in [0.3, 0.4) is 0 Å². The van der Waals surface area contributed by atoms with Gasteiger partial charge in [-0.25, -0.2) is 0 Å². The number of amides is 1. The molecule has 6 heteroatoms. The summed E-state index contributed by atoms with van der Waals surface area (Å²) >= 11 is 6.06. The lowest BCUT2D eigenvalue weighted by Crippen LogP contribution is -2.22. The van der Waals surface area contributed by atoms with Crippen molar-refractivity contribution in [3.8, 4) is 0 Å². The number of thiocarbonyl (C=S) groups is 1. The van der Waals surface area contributed by atoms with Crippen LogP contribution in [0.4, 0.5) is 5.69 Å². The number of aryl methyl sites for hydroxylation is 1. The van der Waals surface area contributed by atoms with Crippen LogP contribution in [0, 0.1) is 6.92 Å². The lowest BCUT2D eigenvalue weighted by Gasteiger charge is -1.96. The van der Waals surface area contributed by atoms with Crippen molar-refractivity contribution >= 4 is 39.9 Å². The maximum Gasteiger partial charge on any atom is 0.262 e. The van der Waals surface area contributed by atoms with Crippen LogP contribution in [0.2, 0.25) is 0 Å². The van der Waals surface area contributed by atoms with Crippen molar-refractivity contribution in [3.05, 3.63) is 29.8 Å². The molecule has 0 unspecified atom stereocenters. The molecule has 1 aliphatic heterocycles. The molecule has 0 radical (unpaired) electrons. The summed E-state index contributed by atoms with van der Waals surface area (Å²) in [6.07, 6.45) is 0. The molecule has 2 rings (SSSR count). The van der Waals surface area contributed by atoms with E-state index >= 15 is 0 Å². The minimum absolute atomic E-state index is 0.203. The molecule has 1 N–H and O–H groups in total. The quantitative estimate of drug-likeness (QED) is 0.649. The molecule has 1 aromatic carbocycles. The Morgan fingerprint density at radius 3 is 2.62 bits per heavy atom. The molecule has 4 nitrogen and oxygen atoms in total. The molecule has 1 fully saturated rings. The van der Waals surface area contributed by atoms with Gasteiger partial charge in [-0.1, -0.05) is 41.7 Å². The first-order chi connectivity index (χ1) is 7.65. The first-order valence-corrected chi connectivity index (χ1v) is 5.93. The van der Waals surface area contributed by atoms with Crippen molar-refractivity contribution in [1.29, 1.82) is 0 Å². The zero-order valence-electron chi connectivity index (χ0n) is 8.51. The number of rotatable bonds is 2. The first-order valence-electron chi connectivity index (χ1n) is 4.64. The van der Waals surface area contributed by atoms with Gasteiger partial charge in [0.05, 0.1) is 5.69 Å². The largest absolute Gasteiger partial charge is 0.309 e. The van der Waals surface area contributed by atoms with Crippen LogP contribution >= 0.6 is 24.0 Å². The molecular weight excluding hydrogens is 242 g/mol. The number of nitrogens with one attached hydrogen (secondary N) is 1. The molecule has 16 heavy (non-hydrogen) atoms. The molecule has 1 saturated heterocycles. The molecule has 0 aromatic heterocycles. The van der Waals surface area contributed by atoms with Gasteiger partial charge in [0.15, 0.2) is 0 Å². The molecule has 0 spiro atoms. The predicted octanol–water partition coefficient (Wildman–Crippen LogP) is 2.55. The summed E-state index contributed by atoms with van der Waals surface area (Å²) in [5.74, 6) is -0.203. The highest BCUT2D eigenvalue weighted by Crippen LogP contribution is 2.22. The average molecular weight is 251 g/mol. The molecule has 1 heterocycles. The van der Waals surface area contributed by atoms with Crippen LogP contribution in [0.1, 0.15) is 5.56 Å². The summed E-state index contributed by atoms with van der Waals surface area (Å²) in [7, 11) is 0. The number of carbonyl (C=O) groups is 1. The lowest BCUT2D eigenvalue weighted by molar-refractivity contribution is -0.118. The van der Waals surface area contributed by atoms with Gasteiger partial charge in [0.2, 0.25) is 5.37 Å². The normalized spacial score (nSPS) is 20.4. The van der Waals surface area contributed by atoms with Gasteiger partial charge in [-0.05, 0) is 19.1 Å². The monoisotopic (exact) mass is 251 g/mol. The van der Waals surface area contributed by atoms with Gasteiger partial charge >= 0.3 is 0 Å². The Morgan fingerprint density at radius 1 is 1.38 bits per heavy atom. The number of hydrogen-bond donors (Lipinski definition) is 1. The number of benzene rings is 1. The minimum Gasteiger partial charge on any atom is -0.309 e. The zero-order chi connectivity index (χ0) is 11.5. The fraction of sp³-hybridized carbons (Fsp3) is 0.200. The molecule has 0 saturated carbocycles. The van der Waals surface area contributed by atoms with Crippen molar-refractivity contribution in [2.75, 3.05) is 0 Å². The van der Waals surface area contributed by atoms with Gasteiger partial charge in [0.1, 0.15) is 4.32 Å². The summed E-state index contributed by atoms with van der Waals surface area (Å²) in [4.78, 5) is 11.3. The summed E-state index contributed by atoms with van der Waals surface area (Å²) < 4.78 is 0.456.